The molecule has 0 radical (unpaired) electrons. The summed E-state index contributed by atoms with van der Waals surface area (Å²) in [6, 6.07) is 4.49. The van der Waals surface area contributed by atoms with Gasteiger partial charge in [0.1, 0.15) is 4.90 Å². The monoisotopic (exact) mass is 306 g/mol. The lowest BCUT2D eigenvalue weighted by molar-refractivity contribution is 0.424. The Morgan fingerprint density at radius 3 is 2.83 bits per heavy atom. The van der Waals surface area contributed by atoms with Gasteiger partial charge < -0.3 is 5.73 Å². The lowest BCUT2D eigenvalue weighted by Crippen LogP contribution is -2.41. The number of hydrogen-bond acceptors (Lipinski definition) is 4. The van der Waals surface area contributed by atoms with Crippen molar-refractivity contribution in [1.29, 1.82) is 0 Å². The molecule has 1 aromatic carbocycles. The van der Waals surface area contributed by atoms with Crippen molar-refractivity contribution in [3.8, 4) is 0 Å². The van der Waals surface area contributed by atoms with Gasteiger partial charge in [0, 0.05) is 29.1 Å². The third kappa shape index (κ3) is 2.77. The second-order valence-electron chi connectivity index (χ2n) is 4.23. The van der Waals surface area contributed by atoms with Crippen molar-refractivity contribution in [2.45, 2.75) is 17.1 Å². The molecule has 2 N–H and O–H groups in total. The van der Waals surface area contributed by atoms with Crippen molar-refractivity contribution < 1.29 is 8.42 Å². The summed E-state index contributed by atoms with van der Waals surface area (Å²) in [5, 5.41) is 0.746. The number of hydrogen-bond donors (Lipinski definition) is 1. The Morgan fingerprint density at radius 2 is 2.22 bits per heavy atom. The fourth-order valence-electron chi connectivity index (χ4n) is 1.90. The lowest BCUT2D eigenvalue weighted by Gasteiger charge is -2.30. The predicted octanol–water partition coefficient (Wildman–Crippen LogP) is 2.05. The van der Waals surface area contributed by atoms with Crippen LogP contribution in [0.4, 0.5) is 5.69 Å². The summed E-state index contributed by atoms with van der Waals surface area (Å²) in [6.07, 6.45) is 0. The maximum absolute atomic E-state index is 12.5. The molecule has 0 saturated carbocycles. The lowest BCUT2D eigenvalue weighted by atomic mass is 10.3. The molecule has 1 fully saturated rings. The molecule has 1 saturated heterocycles. The molecule has 1 aromatic rings. The molecule has 4 nitrogen and oxygen atoms in total. The molecule has 1 aliphatic rings. The molecule has 1 heterocycles. The first-order valence-corrected chi connectivity index (χ1v) is 8.44. The number of halogens is 1. The number of nitrogens with two attached hydrogens (primary N) is 1. The Kier molecular flexibility index (Phi) is 4.11. The minimum atomic E-state index is -3.51. The molecular weight excluding hydrogens is 292 g/mol. The van der Waals surface area contributed by atoms with Crippen molar-refractivity contribution in [1.82, 2.24) is 4.31 Å². The number of benzene rings is 1. The predicted molar refractivity (Wildman–Crippen MR) is 76.5 cm³/mol. The quantitative estimate of drug-likeness (QED) is 0.849. The summed E-state index contributed by atoms with van der Waals surface area (Å²) >= 11 is 7.57. The van der Waals surface area contributed by atoms with Crippen LogP contribution in [0.5, 0.6) is 0 Å². The zero-order chi connectivity index (χ0) is 13.3. The largest absolute Gasteiger partial charge is 0.398 e. The van der Waals surface area contributed by atoms with E-state index < -0.39 is 10.0 Å². The van der Waals surface area contributed by atoms with Crippen molar-refractivity contribution in [2.24, 2.45) is 0 Å². The average Bonchev–Trinajstić information content (AvgIpc) is 2.28. The van der Waals surface area contributed by atoms with E-state index in [1.165, 1.54) is 16.4 Å². The number of rotatable bonds is 2. The Morgan fingerprint density at radius 1 is 1.50 bits per heavy atom. The van der Waals surface area contributed by atoms with Gasteiger partial charge in [-0.15, -0.1) is 0 Å². The van der Waals surface area contributed by atoms with Crippen molar-refractivity contribution >= 4 is 39.1 Å². The Bertz CT molecular complexity index is 548. The SMILES string of the molecule is CC1CN(S(=O)(=O)c2ccc(Cl)cc2N)CCS1. The summed E-state index contributed by atoms with van der Waals surface area (Å²) in [7, 11) is -3.51. The number of thioether (sulfide) groups is 1. The molecule has 0 bridgehead atoms. The molecule has 1 atom stereocenters. The summed E-state index contributed by atoms with van der Waals surface area (Å²) < 4.78 is 26.4. The second kappa shape index (κ2) is 5.28. The van der Waals surface area contributed by atoms with Crippen LogP contribution in [-0.2, 0) is 10.0 Å². The van der Waals surface area contributed by atoms with Crippen LogP contribution >= 0.6 is 23.4 Å². The molecule has 0 amide bonds. The third-order valence-electron chi connectivity index (χ3n) is 2.79. The van der Waals surface area contributed by atoms with Gasteiger partial charge in [-0.25, -0.2) is 8.42 Å². The maximum Gasteiger partial charge on any atom is 0.245 e. The third-order valence-corrected chi connectivity index (χ3v) is 6.10. The van der Waals surface area contributed by atoms with Crippen LogP contribution in [0.1, 0.15) is 6.92 Å². The van der Waals surface area contributed by atoms with E-state index in [1.54, 1.807) is 17.8 Å². The first-order chi connectivity index (χ1) is 8.41. The van der Waals surface area contributed by atoms with E-state index in [-0.39, 0.29) is 10.6 Å². The molecule has 0 aliphatic carbocycles. The molecular formula is C11H15ClN2O2S2. The highest BCUT2D eigenvalue weighted by atomic mass is 35.5. The summed E-state index contributed by atoms with van der Waals surface area (Å²) in [4.78, 5) is 0.144. The first-order valence-electron chi connectivity index (χ1n) is 5.58. The maximum atomic E-state index is 12.5. The molecule has 1 unspecified atom stereocenters. The van der Waals surface area contributed by atoms with Gasteiger partial charge in [0.05, 0.1) is 5.69 Å². The summed E-state index contributed by atoms with van der Waals surface area (Å²) in [5.41, 5.74) is 5.96. The van der Waals surface area contributed by atoms with Crippen LogP contribution in [0.2, 0.25) is 5.02 Å². The van der Waals surface area contributed by atoms with E-state index >= 15 is 0 Å². The zero-order valence-electron chi connectivity index (χ0n) is 9.97. The van der Waals surface area contributed by atoms with E-state index in [4.69, 9.17) is 17.3 Å². The highest BCUT2D eigenvalue weighted by Gasteiger charge is 2.30. The zero-order valence-corrected chi connectivity index (χ0v) is 12.4. The number of nitrogen functional groups attached to an aromatic ring is 1. The first kappa shape index (κ1) is 14.0. The topological polar surface area (TPSA) is 63.4 Å². The fraction of sp³-hybridized carbons (Fsp3) is 0.455. The van der Waals surface area contributed by atoms with E-state index in [0.717, 1.165) is 5.75 Å². The standard InChI is InChI=1S/C11H15ClN2O2S2/c1-8-7-14(4-5-17-8)18(15,16)11-3-2-9(12)6-10(11)13/h2-3,6,8H,4-5,7,13H2,1H3. The molecule has 0 spiro atoms. The normalized spacial score (nSPS) is 22.0. The van der Waals surface area contributed by atoms with Crippen molar-refractivity contribution in [3.05, 3.63) is 23.2 Å². The Labute approximate surface area is 117 Å². The summed E-state index contributed by atoms with van der Waals surface area (Å²) in [6.45, 7) is 3.08. The highest BCUT2D eigenvalue weighted by Crippen LogP contribution is 2.28. The minimum absolute atomic E-state index is 0.144. The van der Waals surface area contributed by atoms with Gasteiger partial charge in [0.15, 0.2) is 0 Å². The van der Waals surface area contributed by atoms with E-state index in [2.05, 4.69) is 0 Å². The second-order valence-corrected chi connectivity index (χ2v) is 8.12. The van der Waals surface area contributed by atoms with Crippen LogP contribution in [-0.4, -0.2) is 36.8 Å². The smallest absolute Gasteiger partial charge is 0.245 e. The van der Waals surface area contributed by atoms with E-state index in [9.17, 15) is 8.42 Å². The Balaban J connectivity index is 2.35. The van der Waals surface area contributed by atoms with Gasteiger partial charge in [-0.1, -0.05) is 18.5 Å². The van der Waals surface area contributed by atoms with Gasteiger partial charge in [-0.05, 0) is 18.2 Å². The van der Waals surface area contributed by atoms with Gasteiger partial charge in [0.25, 0.3) is 0 Å². The van der Waals surface area contributed by atoms with Crippen LogP contribution in [0.25, 0.3) is 0 Å². The van der Waals surface area contributed by atoms with Gasteiger partial charge in [-0.3, -0.25) is 0 Å². The number of sulfonamides is 1. The summed E-state index contributed by atoms with van der Waals surface area (Å²) in [5.74, 6) is 0.813. The van der Waals surface area contributed by atoms with Crippen LogP contribution in [0.3, 0.4) is 0 Å². The van der Waals surface area contributed by atoms with E-state index in [1.807, 2.05) is 6.92 Å². The van der Waals surface area contributed by atoms with Crippen LogP contribution in [0, 0.1) is 0 Å². The van der Waals surface area contributed by atoms with Crippen LogP contribution < -0.4 is 5.73 Å². The minimum Gasteiger partial charge on any atom is -0.398 e. The highest BCUT2D eigenvalue weighted by molar-refractivity contribution is 8.00. The van der Waals surface area contributed by atoms with Crippen LogP contribution in [0.15, 0.2) is 23.1 Å². The van der Waals surface area contributed by atoms with Gasteiger partial charge in [-0.2, -0.15) is 16.1 Å². The van der Waals surface area contributed by atoms with Crippen molar-refractivity contribution in [2.75, 3.05) is 24.6 Å². The van der Waals surface area contributed by atoms with Crippen molar-refractivity contribution in [3.63, 3.8) is 0 Å². The average molecular weight is 307 g/mol. The Hall–Kier alpha value is -0.430. The molecule has 0 aromatic heterocycles. The fourth-order valence-corrected chi connectivity index (χ4v) is 4.93. The van der Waals surface area contributed by atoms with Gasteiger partial charge in [0.2, 0.25) is 10.0 Å². The molecule has 100 valence electrons. The molecule has 18 heavy (non-hydrogen) atoms. The molecule has 1 aliphatic heterocycles. The van der Waals surface area contributed by atoms with E-state index in [0.29, 0.717) is 23.4 Å². The number of nitrogens with zero attached hydrogens (tertiary/aromatic N) is 1. The number of anilines is 1. The molecule has 7 heteroatoms. The van der Waals surface area contributed by atoms with Gasteiger partial charge >= 0.3 is 0 Å². The molecule has 2 rings (SSSR count).